The van der Waals surface area contributed by atoms with Crippen molar-refractivity contribution in [3.63, 3.8) is 0 Å². The molecule has 0 spiro atoms. The number of aromatic nitrogens is 2. The number of hydrogen-bond acceptors (Lipinski definition) is 7. The fraction of sp³-hybridized carbons (Fsp3) is 0.0909. The summed E-state index contributed by atoms with van der Waals surface area (Å²) in [4.78, 5) is 34.2. The van der Waals surface area contributed by atoms with E-state index >= 15 is 0 Å². The molecule has 4 rings (SSSR count). The molecule has 0 atom stereocenters. The number of rotatable bonds is 6. The summed E-state index contributed by atoms with van der Waals surface area (Å²) in [6.07, 6.45) is 2.83. The Morgan fingerprint density at radius 1 is 0.909 bits per heavy atom. The maximum absolute atomic E-state index is 12.9. The summed E-state index contributed by atoms with van der Waals surface area (Å²) in [5.41, 5.74) is 2.65. The van der Waals surface area contributed by atoms with Gasteiger partial charge in [-0.25, -0.2) is 28.0 Å². The molecular weight excluding hydrogens is 466 g/mol. The minimum Gasteiger partial charge on any atom is -0.350 e. The van der Waals surface area contributed by atoms with Gasteiger partial charge in [-0.2, -0.15) is 0 Å². The molecule has 33 heavy (non-hydrogen) atoms. The van der Waals surface area contributed by atoms with Gasteiger partial charge in [0.05, 0.1) is 10.6 Å². The van der Waals surface area contributed by atoms with E-state index in [1.54, 1.807) is 18.2 Å². The molecule has 3 aromatic rings. The van der Waals surface area contributed by atoms with E-state index in [2.05, 4.69) is 20.0 Å². The smallest absolute Gasteiger partial charge is 0.283 e. The van der Waals surface area contributed by atoms with E-state index in [0.29, 0.717) is 11.4 Å². The number of halogens is 1. The fourth-order valence-corrected chi connectivity index (χ4v) is 4.27. The highest BCUT2D eigenvalue weighted by Gasteiger charge is 2.39. The van der Waals surface area contributed by atoms with Crippen LogP contribution in [-0.4, -0.2) is 30.2 Å². The fourth-order valence-electron chi connectivity index (χ4n) is 3.10. The predicted molar refractivity (Wildman–Crippen MR) is 124 cm³/mol. The molecule has 2 aromatic carbocycles. The Morgan fingerprint density at radius 2 is 1.58 bits per heavy atom. The molecule has 0 fully saturated rings. The molecular formula is C22H18ClN5O4S. The van der Waals surface area contributed by atoms with E-state index in [1.165, 1.54) is 36.7 Å². The van der Waals surface area contributed by atoms with Crippen molar-refractivity contribution < 1.29 is 18.0 Å². The van der Waals surface area contributed by atoms with Gasteiger partial charge in [0.2, 0.25) is 5.95 Å². The number of imide groups is 1. The Labute approximate surface area is 195 Å². The van der Waals surface area contributed by atoms with Crippen LogP contribution in [0.4, 0.5) is 17.3 Å². The summed E-state index contributed by atoms with van der Waals surface area (Å²) in [6.45, 7) is 3.81. The molecule has 0 bridgehead atoms. The molecule has 1 aliphatic heterocycles. The second kappa shape index (κ2) is 8.64. The molecule has 9 nitrogen and oxygen atoms in total. The summed E-state index contributed by atoms with van der Waals surface area (Å²) in [5, 5.41) is 2.57. The van der Waals surface area contributed by atoms with E-state index in [0.717, 1.165) is 16.0 Å². The highest BCUT2D eigenvalue weighted by molar-refractivity contribution is 7.92. The molecule has 0 radical (unpaired) electrons. The predicted octanol–water partition coefficient (Wildman–Crippen LogP) is 3.33. The van der Waals surface area contributed by atoms with Crippen LogP contribution < -0.4 is 14.9 Å². The summed E-state index contributed by atoms with van der Waals surface area (Å²) in [5.74, 6) is -1.30. The third kappa shape index (κ3) is 4.43. The number of hydrogen-bond donors (Lipinski definition) is 2. The van der Waals surface area contributed by atoms with Crippen LogP contribution in [0.2, 0.25) is 0 Å². The van der Waals surface area contributed by atoms with Crippen molar-refractivity contribution in [1.29, 1.82) is 0 Å². The maximum Gasteiger partial charge on any atom is 0.283 e. The number of benzene rings is 2. The first-order chi connectivity index (χ1) is 15.7. The van der Waals surface area contributed by atoms with Gasteiger partial charge in [0.1, 0.15) is 10.7 Å². The highest BCUT2D eigenvalue weighted by atomic mass is 35.5. The van der Waals surface area contributed by atoms with Crippen LogP contribution in [0.1, 0.15) is 11.1 Å². The van der Waals surface area contributed by atoms with Crippen LogP contribution in [0.25, 0.3) is 0 Å². The number of anilines is 3. The molecule has 0 saturated heterocycles. The molecule has 2 N–H and O–H groups in total. The van der Waals surface area contributed by atoms with E-state index < -0.39 is 21.8 Å². The van der Waals surface area contributed by atoms with Crippen molar-refractivity contribution in [3.05, 3.63) is 82.8 Å². The van der Waals surface area contributed by atoms with Crippen molar-refractivity contribution in [2.45, 2.75) is 18.7 Å². The third-order valence-corrected chi connectivity index (χ3v) is 6.70. The van der Waals surface area contributed by atoms with Gasteiger partial charge in [-0.3, -0.25) is 9.59 Å². The lowest BCUT2D eigenvalue weighted by Gasteiger charge is -2.16. The monoisotopic (exact) mass is 483 g/mol. The van der Waals surface area contributed by atoms with Crippen molar-refractivity contribution in [1.82, 2.24) is 9.97 Å². The Morgan fingerprint density at radius 3 is 2.21 bits per heavy atom. The average molecular weight is 484 g/mol. The lowest BCUT2D eigenvalue weighted by molar-refractivity contribution is -0.120. The molecule has 1 aliphatic rings. The molecule has 168 valence electrons. The van der Waals surface area contributed by atoms with Crippen LogP contribution in [0.15, 0.2) is 76.5 Å². The maximum atomic E-state index is 12.9. The minimum atomic E-state index is -3.91. The van der Waals surface area contributed by atoms with Crippen molar-refractivity contribution in [2.24, 2.45) is 0 Å². The topological polar surface area (TPSA) is 121 Å². The first kappa shape index (κ1) is 22.4. The normalized spacial score (nSPS) is 14.1. The van der Waals surface area contributed by atoms with Crippen LogP contribution in [0.3, 0.4) is 0 Å². The first-order valence-electron chi connectivity index (χ1n) is 9.70. The number of amides is 2. The number of nitrogens with one attached hydrogen (secondary N) is 2. The quantitative estimate of drug-likeness (QED) is 0.516. The zero-order valence-electron chi connectivity index (χ0n) is 17.5. The molecule has 2 heterocycles. The second-order valence-electron chi connectivity index (χ2n) is 7.23. The number of nitrogens with zero attached hydrogens (tertiary/aromatic N) is 3. The number of sulfonamides is 1. The lowest BCUT2D eigenvalue weighted by Crippen LogP contribution is -2.32. The first-order valence-corrected chi connectivity index (χ1v) is 11.6. The molecule has 0 aliphatic carbocycles. The third-order valence-electron chi connectivity index (χ3n) is 5.00. The van der Waals surface area contributed by atoms with Gasteiger partial charge in [-0.05, 0) is 67.4 Å². The average Bonchev–Trinajstić information content (AvgIpc) is 3.00. The van der Waals surface area contributed by atoms with E-state index in [1.807, 2.05) is 19.9 Å². The Bertz CT molecular complexity index is 1390. The van der Waals surface area contributed by atoms with E-state index in [4.69, 9.17) is 11.6 Å². The molecule has 1 aromatic heterocycles. The molecule has 11 heteroatoms. The summed E-state index contributed by atoms with van der Waals surface area (Å²) in [6, 6.07) is 12.4. The summed E-state index contributed by atoms with van der Waals surface area (Å²) in [7, 11) is -3.91. The van der Waals surface area contributed by atoms with E-state index in [-0.39, 0.29) is 21.6 Å². The highest BCUT2D eigenvalue weighted by Crippen LogP contribution is 2.31. The molecule has 2 amide bonds. The lowest BCUT2D eigenvalue weighted by atomic mass is 10.1. The SMILES string of the molecule is Cc1ccc(N2C(=O)C(Cl)=C(Nc3ccc(S(=O)(=O)Nc4ncccn4)cc3)C2=O)cc1C. The number of aryl methyl sites for hydroxylation is 2. The Hall–Kier alpha value is -3.76. The largest absolute Gasteiger partial charge is 0.350 e. The van der Waals surface area contributed by atoms with E-state index in [9.17, 15) is 18.0 Å². The molecule has 0 saturated carbocycles. The van der Waals surface area contributed by atoms with Crippen molar-refractivity contribution in [2.75, 3.05) is 14.9 Å². The standard InChI is InChI=1S/C22H18ClN5O4S/c1-13-4-7-16(12-14(13)2)28-20(29)18(23)19(21(28)30)26-15-5-8-17(9-6-15)33(31,32)27-22-24-10-3-11-25-22/h3-12,26H,1-2H3,(H,24,25,27). The van der Waals surface area contributed by atoms with Gasteiger partial charge >= 0.3 is 0 Å². The number of carbonyl (C=O) groups is 2. The minimum absolute atomic E-state index is 0.0360. The van der Waals surface area contributed by atoms with Gasteiger partial charge in [0.25, 0.3) is 21.8 Å². The van der Waals surface area contributed by atoms with Gasteiger partial charge in [0.15, 0.2) is 0 Å². The van der Waals surface area contributed by atoms with Gasteiger partial charge in [0, 0.05) is 18.1 Å². The van der Waals surface area contributed by atoms with Crippen LogP contribution >= 0.6 is 11.6 Å². The van der Waals surface area contributed by atoms with Crippen LogP contribution in [-0.2, 0) is 19.6 Å². The zero-order chi connectivity index (χ0) is 23.8. The second-order valence-corrected chi connectivity index (χ2v) is 9.29. The van der Waals surface area contributed by atoms with Gasteiger partial charge in [-0.1, -0.05) is 17.7 Å². The van der Waals surface area contributed by atoms with Crippen molar-refractivity contribution >= 4 is 50.8 Å². The van der Waals surface area contributed by atoms with Crippen LogP contribution in [0, 0.1) is 13.8 Å². The Kier molecular flexibility index (Phi) is 5.88. The molecule has 0 unspecified atom stereocenters. The van der Waals surface area contributed by atoms with Gasteiger partial charge < -0.3 is 5.32 Å². The van der Waals surface area contributed by atoms with Crippen LogP contribution in [0.5, 0.6) is 0 Å². The zero-order valence-corrected chi connectivity index (χ0v) is 19.1. The Balaban J connectivity index is 1.53. The summed E-state index contributed by atoms with van der Waals surface area (Å²) >= 11 is 6.17. The number of carbonyl (C=O) groups excluding carboxylic acids is 2. The van der Waals surface area contributed by atoms with Gasteiger partial charge in [-0.15, -0.1) is 0 Å². The van der Waals surface area contributed by atoms with Crippen molar-refractivity contribution in [3.8, 4) is 0 Å². The summed E-state index contributed by atoms with van der Waals surface area (Å²) < 4.78 is 27.3.